The largest absolute Gasteiger partial charge is 0.504 e. The third-order valence-corrected chi connectivity index (χ3v) is 2.49. The zero-order valence-electron chi connectivity index (χ0n) is 7.75. The standard InChI is InChI=1S/C9H8BrFO4/c1-15-9-6(12)3-5(10)4(8(9)11)2-7(13)14/h3,12H,2H2,1H3,(H,13,14). The van der Waals surface area contributed by atoms with Crippen LogP contribution in [0.1, 0.15) is 5.56 Å². The third kappa shape index (κ3) is 2.38. The molecule has 82 valence electrons. The van der Waals surface area contributed by atoms with Crippen molar-refractivity contribution in [3.8, 4) is 11.5 Å². The molecule has 0 aliphatic carbocycles. The molecular formula is C9H8BrFO4. The van der Waals surface area contributed by atoms with Crippen molar-refractivity contribution in [2.24, 2.45) is 0 Å². The van der Waals surface area contributed by atoms with Gasteiger partial charge in [0, 0.05) is 10.0 Å². The number of halogens is 2. The van der Waals surface area contributed by atoms with Crippen LogP contribution in [0.2, 0.25) is 0 Å². The number of methoxy groups -OCH3 is 1. The van der Waals surface area contributed by atoms with E-state index in [-0.39, 0.29) is 21.5 Å². The van der Waals surface area contributed by atoms with Gasteiger partial charge in [-0.1, -0.05) is 15.9 Å². The fraction of sp³-hybridized carbons (Fsp3) is 0.222. The van der Waals surface area contributed by atoms with E-state index in [0.717, 1.165) is 0 Å². The van der Waals surface area contributed by atoms with Crippen LogP contribution in [0.15, 0.2) is 10.5 Å². The van der Waals surface area contributed by atoms with Crippen LogP contribution in [0.3, 0.4) is 0 Å². The summed E-state index contributed by atoms with van der Waals surface area (Å²) in [5.41, 5.74) is -0.0582. The summed E-state index contributed by atoms with van der Waals surface area (Å²) in [7, 11) is 1.19. The van der Waals surface area contributed by atoms with Gasteiger partial charge in [0.05, 0.1) is 13.5 Å². The summed E-state index contributed by atoms with van der Waals surface area (Å²) >= 11 is 2.97. The molecule has 4 nitrogen and oxygen atoms in total. The fourth-order valence-corrected chi connectivity index (χ4v) is 1.67. The average Bonchev–Trinajstić information content (AvgIpc) is 2.12. The molecule has 1 aromatic carbocycles. The Bertz CT molecular complexity index is 406. The van der Waals surface area contributed by atoms with Crippen LogP contribution in [0, 0.1) is 5.82 Å². The molecule has 0 unspecified atom stereocenters. The number of aromatic hydroxyl groups is 1. The summed E-state index contributed by atoms with van der Waals surface area (Å²) < 4.78 is 18.4. The second-order valence-electron chi connectivity index (χ2n) is 2.77. The second-order valence-corrected chi connectivity index (χ2v) is 3.63. The summed E-state index contributed by atoms with van der Waals surface area (Å²) in [6.45, 7) is 0. The van der Waals surface area contributed by atoms with Crippen molar-refractivity contribution in [3.05, 3.63) is 21.9 Å². The topological polar surface area (TPSA) is 66.8 Å². The van der Waals surface area contributed by atoms with Crippen LogP contribution in [0.25, 0.3) is 0 Å². The Labute approximate surface area is 93.4 Å². The predicted octanol–water partition coefficient (Wildman–Crippen LogP) is 1.93. The van der Waals surface area contributed by atoms with Crippen molar-refractivity contribution in [1.82, 2.24) is 0 Å². The molecule has 0 saturated heterocycles. The van der Waals surface area contributed by atoms with E-state index in [1.165, 1.54) is 13.2 Å². The van der Waals surface area contributed by atoms with Crippen LogP contribution in [-0.2, 0) is 11.2 Å². The van der Waals surface area contributed by atoms with Crippen molar-refractivity contribution in [2.75, 3.05) is 7.11 Å². The molecule has 0 bridgehead atoms. The molecule has 15 heavy (non-hydrogen) atoms. The highest BCUT2D eigenvalue weighted by atomic mass is 79.9. The SMILES string of the molecule is COc1c(O)cc(Br)c(CC(=O)O)c1F. The Morgan fingerprint density at radius 3 is 2.73 bits per heavy atom. The highest BCUT2D eigenvalue weighted by Gasteiger charge is 2.19. The maximum atomic E-state index is 13.6. The Morgan fingerprint density at radius 1 is 1.67 bits per heavy atom. The van der Waals surface area contributed by atoms with Gasteiger partial charge in [-0.3, -0.25) is 4.79 Å². The fourth-order valence-electron chi connectivity index (χ4n) is 1.13. The molecule has 1 rings (SSSR count). The van der Waals surface area contributed by atoms with Gasteiger partial charge >= 0.3 is 5.97 Å². The molecule has 0 fully saturated rings. The van der Waals surface area contributed by atoms with E-state index in [1.807, 2.05) is 0 Å². The molecule has 0 amide bonds. The number of benzene rings is 1. The number of ether oxygens (including phenoxy) is 1. The van der Waals surface area contributed by atoms with Gasteiger partial charge < -0.3 is 14.9 Å². The highest BCUT2D eigenvalue weighted by molar-refractivity contribution is 9.10. The first kappa shape index (κ1) is 11.8. The molecule has 0 aliphatic rings. The Kier molecular flexibility index (Phi) is 3.52. The summed E-state index contributed by atoms with van der Waals surface area (Å²) in [5, 5.41) is 17.8. The Morgan fingerprint density at radius 2 is 2.27 bits per heavy atom. The molecule has 0 heterocycles. The first-order valence-corrected chi connectivity index (χ1v) is 4.72. The second kappa shape index (κ2) is 4.48. The van der Waals surface area contributed by atoms with Crippen LogP contribution in [0.4, 0.5) is 4.39 Å². The quantitative estimate of drug-likeness (QED) is 0.887. The maximum absolute atomic E-state index is 13.6. The molecule has 1 aromatic rings. The van der Waals surface area contributed by atoms with Crippen LogP contribution in [0.5, 0.6) is 11.5 Å². The molecular weight excluding hydrogens is 271 g/mol. The number of aliphatic carboxylic acids is 1. The lowest BCUT2D eigenvalue weighted by atomic mass is 10.1. The molecule has 2 N–H and O–H groups in total. The summed E-state index contributed by atoms with van der Waals surface area (Å²) in [4.78, 5) is 10.5. The van der Waals surface area contributed by atoms with E-state index in [0.29, 0.717) is 0 Å². The van der Waals surface area contributed by atoms with E-state index in [2.05, 4.69) is 20.7 Å². The van der Waals surface area contributed by atoms with E-state index >= 15 is 0 Å². The minimum absolute atomic E-state index is 0.0582. The lowest BCUT2D eigenvalue weighted by Gasteiger charge is -2.09. The number of rotatable bonds is 3. The minimum Gasteiger partial charge on any atom is -0.504 e. The highest BCUT2D eigenvalue weighted by Crippen LogP contribution is 2.36. The van der Waals surface area contributed by atoms with Gasteiger partial charge in [-0.25, -0.2) is 4.39 Å². The third-order valence-electron chi connectivity index (χ3n) is 1.78. The average molecular weight is 279 g/mol. The lowest BCUT2D eigenvalue weighted by Crippen LogP contribution is -2.05. The van der Waals surface area contributed by atoms with Gasteiger partial charge in [-0.15, -0.1) is 0 Å². The zero-order valence-corrected chi connectivity index (χ0v) is 9.34. The summed E-state index contributed by atoms with van der Waals surface area (Å²) in [6, 6.07) is 1.19. The first-order chi connectivity index (χ1) is 6.97. The predicted molar refractivity (Wildman–Crippen MR) is 53.7 cm³/mol. The van der Waals surface area contributed by atoms with Crippen LogP contribution >= 0.6 is 15.9 Å². The molecule has 6 heteroatoms. The zero-order chi connectivity index (χ0) is 11.6. The van der Waals surface area contributed by atoms with Crippen molar-refractivity contribution in [1.29, 1.82) is 0 Å². The van der Waals surface area contributed by atoms with Crippen LogP contribution < -0.4 is 4.74 Å². The number of hydrogen-bond donors (Lipinski definition) is 2. The van der Waals surface area contributed by atoms with Crippen LogP contribution in [-0.4, -0.2) is 23.3 Å². The van der Waals surface area contributed by atoms with Gasteiger partial charge in [-0.2, -0.15) is 0 Å². The smallest absolute Gasteiger partial charge is 0.307 e. The molecule has 0 saturated carbocycles. The van der Waals surface area contributed by atoms with E-state index in [9.17, 15) is 14.3 Å². The summed E-state index contributed by atoms with van der Waals surface area (Å²) in [6.07, 6.45) is -0.483. The maximum Gasteiger partial charge on any atom is 0.307 e. The van der Waals surface area contributed by atoms with E-state index in [1.54, 1.807) is 0 Å². The van der Waals surface area contributed by atoms with Gasteiger partial charge in [0.15, 0.2) is 17.3 Å². The van der Waals surface area contributed by atoms with Gasteiger partial charge in [0.25, 0.3) is 0 Å². The van der Waals surface area contributed by atoms with Gasteiger partial charge in [-0.05, 0) is 6.07 Å². The first-order valence-electron chi connectivity index (χ1n) is 3.93. The van der Waals surface area contributed by atoms with Crippen molar-refractivity contribution >= 4 is 21.9 Å². The van der Waals surface area contributed by atoms with E-state index in [4.69, 9.17) is 5.11 Å². The monoisotopic (exact) mass is 278 g/mol. The number of carbonyl (C=O) groups is 1. The Hall–Kier alpha value is -1.30. The van der Waals surface area contributed by atoms with Gasteiger partial charge in [0.1, 0.15) is 0 Å². The molecule has 0 aliphatic heterocycles. The van der Waals surface area contributed by atoms with Crippen molar-refractivity contribution < 1.29 is 24.1 Å². The minimum atomic E-state index is -1.16. The van der Waals surface area contributed by atoms with Gasteiger partial charge in [0.2, 0.25) is 0 Å². The van der Waals surface area contributed by atoms with E-state index < -0.39 is 18.2 Å². The molecule has 0 aromatic heterocycles. The molecule has 0 atom stereocenters. The number of hydrogen-bond acceptors (Lipinski definition) is 3. The number of carboxylic acid groups (broad SMARTS) is 1. The Balaban J connectivity index is 3.32. The number of phenols is 1. The van der Waals surface area contributed by atoms with Crippen molar-refractivity contribution in [3.63, 3.8) is 0 Å². The lowest BCUT2D eigenvalue weighted by molar-refractivity contribution is -0.136. The summed E-state index contributed by atoms with van der Waals surface area (Å²) in [5.74, 6) is -2.76. The normalized spacial score (nSPS) is 10.1. The molecule has 0 radical (unpaired) electrons. The van der Waals surface area contributed by atoms with Crippen molar-refractivity contribution in [2.45, 2.75) is 6.42 Å². The number of carboxylic acids is 1. The number of phenolic OH excluding ortho intramolecular Hbond substituents is 1. The molecule has 0 spiro atoms.